The summed E-state index contributed by atoms with van der Waals surface area (Å²) < 4.78 is 9.93. The lowest BCUT2D eigenvalue weighted by atomic mass is 10.1. The van der Waals surface area contributed by atoms with Crippen molar-refractivity contribution in [2.24, 2.45) is 0 Å². The van der Waals surface area contributed by atoms with Gasteiger partial charge in [-0.25, -0.2) is 4.79 Å². The fraction of sp³-hybridized carbons (Fsp3) is 0.727. The van der Waals surface area contributed by atoms with Crippen LogP contribution in [0.1, 0.15) is 56.1 Å². The van der Waals surface area contributed by atoms with Gasteiger partial charge in [-0.1, -0.05) is 26.2 Å². The maximum absolute atomic E-state index is 11.2. The Balaban J connectivity index is 2.36. The summed E-state index contributed by atoms with van der Waals surface area (Å²) in [4.78, 5) is 11.2. The number of aryl methyl sites for hydroxylation is 1. The summed E-state index contributed by atoms with van der Waals surface area (Å²) >= 11 is 0. The average molecular weight is 226 g/mol. The van der Waals surface area contributed by atoms with Gasteiger partial charge in [-0.2, -0.15) is 0 Å². The van der Waals surface area contributed by atoms with Crippen LogP contribution in [-0.2, 0) is 11.2 Å². The Hall–Kier alpha value is -1.39. The van der Waals surface area contributed by atoms with Gasteiger partial charge in [0.15, 0.2) is 0 Å². The molecule has 90 valence electrons. The van der Waals surface area contributed by atoms with E-state index in [-0.39, 0.29) is 5.89 Å². The molecular formula is C11H18N2O3. The number of esters is 1. The van der Waals surface area contributed by atoms with Crippen LogP contribution in [0.4, 0.5) is 0 Å². The molecule has 0 N–H and O–H groups in total. The van der Waals surface area contributed by atoms with Crippen LogP contribution in [0, 0.1) is 0 Å². The molecule has 0 aromatic carbocycles. The molecule has 0 spiro atoms. The number of carbonyl (C=O) groups excluding carboxylic acids is 1. The number of aromatic nitrogens is 2. The zero-order valence-electron chi connectivity index (χ0n) is 9.86. The van der Waals surface area contributed by atoms with E-state index in [1.807, 2.05) is 0 Å². The minimum absolute atomic E-state index is 0.0488. The molecule has 0 radical (unpaired) electrons. The molecule has 0 aliphatic rings. The highest BCUT2D eigenvalue weighted by atomic mass is 16.5. The van der Waals surface area contributed by atoms with E-state index in [4.69, 9.17) is 9.15 Å². The largest absolute Gasteiger partial charge is 0.459 e. The Morgan fingerprint density at radius 3 is 2.75 bits per heavy atom. The molecule has 0 amide bonds. The van der Waals surface area contributed by atoms with Crippen molar-refractivity contribution >= 4 is 5.97 Å². The van der Waals surface area contributed by atoms with Crippen molar-refractivity contribution in [3.05, 3.63) is 11.8 Å². The van der Waals surface area contributed by atoms with E-state index < -0.39 is 5.97 Å². The van der Waals surface area contributed by atoms with Crippen molar-refractivity contribution in [2.45, 2.75) is 46.0 Å². The summed E-state index contributed by atoms with van der Waals surface area (Å²) in [5.74, 6) is -0.0821. The van der Waals surface area contributed by atoms with E-state index >= 15 is 0 Å². The third-order valence-electron chi connectivity index (χ3n) is 2.16. The second-order valence-electron chi connectivity index (χ2n) is 3.53. The van der Waals surface area contributed by atoms with Gasteiger partial charge in [0.25, 0.3) is 0 Å². The lowest BCUT2D eigenvalue weighted by Crippen LogP contribution is -2.04. The van der Waals surface area contributed by atoms with Gasteiger partial charge in [0.1, 0.15) is 0 Å². The molecule has 0 bridgehead atoms. The first-order chi connectivity index (χ1) is 7.77. The molecule has 0 unspecified atom stereocenters. The van der Waals surface area contributed by atoms with Crippen LogP contribution in [-0.4, -0.2) is 22.8 Å². The van der Waals surface area contributed by atoms with Crippen LogP contribution in [0.25, 0.3) is 0 Å². The molecule has 0 aliphatic carbocycles. The molecule has 1 aromatic rings. The van der Waals surface area contributed by atoms with Gasteiger partial charge < -0.3 is 9.15 Å². The fourth-order valence-corrected chi connectivity index (χ4v) is 1.33. The van der Waals surface area contributed by atoms with Crippen molar-refractivity contribution in [2.75, 3.05) is 6.61 Å². The van der Waals surface area contributed by atoms with Crippen LogP contribution in [0.3, 0.4) is 0 Å². The predicted octanol–water partition coefficient (Wildman–Crippen LogP) is 2.37. The van der Waals surface area contributed by atoms with Gasteiger partial charge in [0.05, 0.1) is 6.61 Å². The van der Waals surface area contributed by atoms with Crippen molar-refractivity contribution in [3.63, 3.8) is 0 Å². The van der Waals surface area contributed by atoms with Crippen LogP contribution in [0.2, 0.25) is 0 Å². The van der Waals surface area contributed by atoms with Crippen LogP contribution in [0.15, 0.2) is 4.42 Å². The smallest absolute Gasteiger partial charge is 0.396 e. The van der Waals surface area contributed by atoms with E-state index in [0.29, 0.717) is 12.5 Å². The molecule has 16 heavy (non-hydrogen) atoms. The number of hydrogen-bond acceptors (Lipinski definition) is 5. The Bertz CT molecular complexity index is 323. The number of hydrogen-bond donors (Lipinski definition) is 0. The monoisotopic (exact) mass is 226 g/mol. The van der Waals surface area contributed by atoms with Crippen molar-refractivity contribution in [3.8, 4) is 0 Å². The fourth-order valence-electron chi connectivity index (χ4n) is 1.33. The van der Waals surface area contributed by atoms with E-state index in [1.165, 1.54) is 12.8 Å². The van der Waals surface area contributed by atoms with E-state index in [2.05, 4.69) is 17.1 Å². The highest BCUT2D eigenvalue weighted by Crippen LogP contribution is 2.07. The highest BCUT2D eigenvalue weighted by Gasteiger charge is 2.15. The molecule has 1 heterocycles. The zero-order valence-corrected chi connectivity index (χ0v) is 9.86. The SMILES string of the molecule is CCCCCCc1nnc(C(=O)OCC)o1. The Morgan fingerprint density at radius 1 is 1.25 bits per heavy atom. The van der Waals surface area contributed by atoms with E-state index in [1.54, 1.807) is 6.92 Å². The molecule has 0 atom stereocenters. The topological polar surface area (TPSA) is 65.2 Å². The molecule has 0 aliphatic heterocycles. The second kappa shape index (κ2) is 6.98. The molecule has 1 rings (SSSR count). The van der Waals surface area contributed by atoms with Crippen LogP contribution >= 0.6 is 0 Å². The first-order valence-electron chi connectivity index (χ1n) is 5.77. The number of nitrogens with zero attached hydrogens (tertiary/aromatic N) is 2. The quantitative estimate of drug-likeness (QED) is 0.527. The molecular weight excluding hydrogens is 208 g/mol. The first kappa shape index (κ1) is 12.7. The zero-order chi connectivity index (χ0) is 11.8. The Kier molecular flexibility index (Phi) is 5.53. The lowest BCUT2D eigenvalue weighted by molar-refractivity contribution is 0.0478. The van der Waals surface area contributed by atoms with Gasteiger partial charge in [-0.05, 0) is 13.3 Å². The van der Waals surface area contributed by atoms with Gasteiger partial charge >= 0.3 is 11.9 Å². The van der Waals surface area contributed by atoms with E-state index in [0.717, 1.165) is 19.3 Å². The first-order valence-corrected chi connectivity index (χ1v) is 5.77. The van der Waals surface area contributed by atoms with Crippen LogP contribution < -0.4 is 0 Å². The molecule has 0 saturated carbocycles. The van der Waals surface area contributed by atoms with Crippen molar-refractivity contribution in [1.82, 2.24) is 10.2 Å². The van der Waals surface area contributed by atoms with Crippen molar-refractivity contribution < 1.29 is 13.9 Å². The Labute approximate surface area is 95.2 Å². The molecule has 0 fully saturated rings. The molecule has 0 saturated heterocycles. The average Bonchev–Trinajstić information content (AvgIpc) is 2.73. The van der Waals surface area contributed by atoms with Gasteiger partial charge in [0.2, 0.25) is 5.89 Å². The third-order valence-corrected chi connectivity index (χ3v) is 2.16. The van der Waals surface area contributed by atoms with Gasteiger partial charge in [-0.3, -0.25) is 0 Å². The number of unbranched alkanes of at least 4 members (excludes halogenated alkanes) is 3. The van der Waals surface area contributed by atoms with E-state index in [9.17, 15) is 4.79 Å². The standard InChI is InChI=1S/C11H18N2O3/c1-3-5-6-7-8-9-12-13-10(16-9)11(14)15-4-2/h3-8H2,1-2H3. The third kappa shape index (κ3) is 4.00. The lowest BCUT2D eigenvalue weighted by Gasteiger charge is -1.95. The van der Waals surface area contributed by atoms with Gasteiger partial charge in [0, 0.05) is 6.42 Å². The maximum Gasteiger partial charge on any atom is 0.396 e. The highest BCUT2D eigenvalue weighted by molar-refractivity contribution is 5.83. The summed E-state index contributed by atoms with van der Waals surface area (Å²) in [6.45, 7) is 4.21. The summed E-state index contributed by atoms with van der Waals surface area (Å²) in [6.07, 6.45) is 5.29. The number of carbonyl (C=O) groups is 1. The summed E-state index contributed by atoms with van der Waals surface area (Å²) in [6, 6.07) is 0. The summed E-state index contributed by atoms with van der Waals surface area (Å²) in [5, 5.41) is 7.44. The molecule has 5 nitrogen and oxygen atoms in total. The van der Waals surface area contributed by atoms with Crippen LogP contribution in [0.5, 0.6) is 0 Å². The predicted molar refractivity (Wildman–Crippen MR) is 58.1 cm³/mol. The normalized spacial score (nSPS) is 10.4. The minimum Gasteiger partial charge on any atom is -0.459 e. The number of ether oxygens (including phenoxy) is 1. The van der Waals surface area contributed by atoms with Crippen molar-refractivity contribution in [1.29, 1.82) is 0 Å². The second-order valence-corrected chi connectivity index (χ2v) is 3.53. The number of rotatable bonds is 7. The maximum atomic E-state index is 11.2. The summed E-state index contributed by atoms with van der Waals surface area (Å²) in [5.41, 5.74) is 0. The minimum atomic E-state index is -0.546. The molecule has 1 aromatic heterocycles. The Morgan fingerprint density at radius 2 is 2.06 bits per heavy atom. The van der Waals surface area contributed by atoms with Gasteiger partial charge in [-0.15, -0.1) is 10.2 Å². The molecule has 5 heteroatoms. The summed E-state index contributed by atoms with van der Waals surface area (Å²) in [7, 11) is 0.